The summed E-state index contributed by atoms with van der Waals surface area (Å²) in [5.41, 5.74) is 0.876. The molecule has 0 aliphatic heterocycles. The first-order valence-electron chi connectivity index (χ1n) is 6.79. The average Bonchev–Trinajstić information content (AvgIpc) is 2.61. The molecule has 0 saturated carbocycles. The van der Waals surface area contributed by atoms with Gasteiger partial charge in [0.1, 0.15) is 0 Å². The van der Waals surface area contributed by atoms with Crippen LogP contribution in [0.25, 0.3) is 11.1 Å². The summed E-state index contributed by atoms with van der Waals surface area (Å²) in [6, 6.07) is 4.91. The lowest BCUT2D eigenvalue weighted by atomic mass is 9.85. The van der Waals surface area contributed by atoms with Crippen LogP contribution >= 0.6 is 0 Å². The van der Waals surface area contributed by atoms with Crippen LogP contribution in [0.1, 0.15) is 26.7 Å². The molecule has 0 unspecified atom stereocenters. The summed E-state index contributed by atoms with van der Waals surface area (Å²) < 4.78 is 6.42. The zero-order valence-corrected chi connectivity index (χ0v) is 12.7. The number of benzene rings is 1. The Kier molecular flexibility index (Phi) is 4.07. The van der Waals surface area contributed by atoms with Crippen LogP contribution in [0.5, 0.6) is 0 Å². The minimum Gasteiger partial charge on any atom is -0.481 e. The molecule has 0 fully saturated rings. The zero-order chi connectivity index (χ0) is 16.5. The molecule has 2 rings (SSSR count). The Morgan fingerprint density at radius 3 is 2.64 bits per heavy atom. The standard InChI is InChI=1S/C15H18N2O5/c1-15(2,8-13(19)20)7-12(18)16-9-4-5-10-11(6-9)22-14(21)17(10)3/h4-6H,7-8H2,1-3H3,(H,16,18)(H,19,20). The molecule has 1 heterocycles. The van der Waals surface area contributed by atoms with Crippen molar-refractivity contribution >= 4 is 28.7 Å². The van der Waals surface area contributed by atoms with Crippen molar-refractivity contribution in [3.05, 3.63) is 28.7 Å². The van der Waals surface area contributed by atoms with Gasteiger partial charge in [0, 0.05) is 25.2 Å². The number of aryl methyl sites for hydroxylation is 1. The number of aromatic nitrogens is 1. The highest BCUT2D eigenvalue weighted by molar-refractivity contribution is 5.93. The molecule has 0 radical (unpaired) electrons. The second-order valence-electron chi connectivity index (χ2n) is 6.07. The molecule has 1 aromatic heterocycles. The predicted octanol–water partition coefficient (Wildman–Crippen LogP) is 1.96. The molecule has 118 valence electrons. The van der Waals surface area contributed by atoms with Crippen LogP contribution in [0.3, 0.4) is 0 Å². The minimum atomic E-state index is -0.940. The van der Waals surface area contributed by atoms with Crippen LogP contribution in [0.4, 0.5) is 5.69 Å². The minimum absolute atomic E-state index is 0.0794. The lowest BCUT2D eigenvalue weighted by Crippen LogP contribution is -2.24. The summed E-state index contributed by atoms with van der Waals surface area (Å²) in [6.45, 7) is 3.44. The van der Waals surface area contributed by atoms with Crippen molar-refractivity contribution < 1.29 is 19.1 Å². The van der Waals surface area contributed by atoms with Crippen molar-refractivity contribution in [2.75, 3.05) is 5.32 Å². The van der Waals surface area contributed by atoms with Crippen LogP contribution in [-0.2, 0) is 16.6 Å². The van der Waals surface area contributed by atoms with Gasteiger partial charge < -0.3 is 14.8 Å². The van der Waals surface area contributed by atoms with Gasteiger partial charge in [0.15, 0.2) is 5.58 Å². The molecule has 22 heavy (non-hydrogen) atoms. The fraction of sp³-hybridized carbons (Fsp3) is 0.400. The van der Waals surface area contributed by atoms with E-state index < -0.39 is 17.1 Å². The van der Waals surface area contributed by atoms with Gasteiger partial charge in [0.25, 0.3) is 0 Å². The Morgan fingerprint density at radius 1 is 1.32 bits per heavy atom. The number of carboxylic acid groups (broad SMARTS) is 1. The van der Waals surface area contributed by atoms with Gasteiger partial charge in [-0.3, -0.25) is 14.2 Å². The maximum absolute atomic E-state index is 12.0. The van der Waals surface area contributed by atoms with Crippen LogP contribution in [0, 0.1) is 5.41 Å². The highest BCUT2D eigenvalue weighted by atomic mass is 16.4. The molecule has 2 aromatic rings. The highest BCUT2D eigenvalue weighted by Gasteiger charge is 2.25. The number of carboxylic acids is 1. The van der Waals surface area contributed by atoms with Crippen LogP contribution < -0.4 is 11.1 Å². The van der Waals surface area contributed by atoms with E-state index in [-0.39, 0.29) is 18.7 Å². The van der Waals surface area contributed by atoms with Gasteiger partial charge in [0.05, 0.1) is 11.9 Å². The van der Waals surface area contributed by atoms with E-state index in [0.717, 1.165) is 0 Å². The van der Waals surface area contributed by atoms with Gasteiger partial charge in [-0.05, 0) is 17.5 Å². The fourth-order valence-electron chi connectivity index (χ4n) is 2.32. The fourth-order valence-corrected chi connectivity index (χ4v) is 2.32. The predicted molar refractivity (Wildman–Crippen MR) is 80.7 cm³/mol. The Morgan fingerprint density at radius 2 is 2.00 bits per heavy atom. The molecule has 7 nitrogen and oxygen atoms in total. The van der Waals surface area contributed by atoms with E-state index in [2.05, 4.69) is 5.32 Å². The summed E-state index contributed by atoms with van der Waals surface area (Å²) in [5.74, 6) is -1.70. The summed E-state index contributed by atoms with van der Waals surface area (Å²) in [7, 11) is 1.60. The topological polar surface area (TPSA) is 102 Å². The Labute approximate surface area is 126 Å². The molecule has 1 amide bonds. The lowest BCUT2D eigenvalue weighted by Gasteiger charge is -2.21. The van der Waals surface area contributed by atoms with Crippen LogP contribution in [0.2, 0.25) is 0 Å². The van der Waals surface area contributed by atoms with Gasteiger partial charge in [-0.25, -0.2) is 4.79 Å². The average molecular weight is 306 g/mol. The van der Waals surface area contributed by atoms with E-state index in [1.165, 1.54) is 4.57 Å². The molecule has 0 aliphatic carbocycles. The van der Waals surface area contributed by atoms with E-state index in [9.17, 15) is 14.4 Å². The molecule has 0 bridgehead atoms. The van der Waals surface area contributed by atoms with Crippen LogP contribution in [-0.4, -0.2) is 21.6 Å². The zero-order valence-electron chi connectivity index (χ0n) is 12.7. The highest BCUT2D eigenvalue weighted by Crippen LogP contribution is 2.26. The Balaban J connectivity index is 2.12. The van der Waals surface area contributed by atoms with Crippen molar-refractivity contribution in [2.45, 2.75) is 26.7 Å². The molecule has 0 spiro atoms. The van der Waals surface area contributed by atoms with Gasteiger partial charge in [-0.15, -0.1) is 0 Å². The molecule has 2 N–H and O–H groups in total. The first-order chi connectivity index (χ1) is 10.2. The number of aliphatic carboxylic acids is 1. The molecule has 0 saturated heterocycles. The normalized spacial score (nSPS) is 11.6. The van der Waals surface area contributed by atoms with Gasteiger partial charge in [-0.2, -0.15) is 0 Å². The number of hydrogen-bond acceptors (Lipinski definition) is 4. The van der Waals surface area contributed by atoms with E-state index in [1.807, 2.05) is 0 Å². The number of hydrogen-bond donors (Lipinski definition) is 2. The van der Waals surface area contributed by atoms with Gasteiger partial charge in [-0.1, -0.05) is 13.8 Å². The monoisotopic (exact) mass is 306 g/mol. The maximum atomic E-state index is 12.0. The van der Waals surface area contributed by atoms with E-state index in [0.29, 0.717) is 16.8 Å². The van der Waals surface area contributed by atoms with E-state index in [4.69, 9.17) is 9.52 Å². The van der Waals surface area contributed by atoms with Crippen molar-refractivity contribution in [1.82, 2.24) is 4.57 Å². The lowest BCUT2D eigenvalue weighted by molar-refractivity contribution is -0.139. The van der Waals surface area contributed by atoms with E-state index >= 15 is 0 Å². The van der Waals surface area contributed by atoms with Gasteiger partial charge in [0.2, 0.25) is 5.91 Å². The van der Waals surface area contributed by atoms with E-state index in [1.54, 1.807) is 39.1 Å². The quantitative estimate of drug-likeness (QED) is 0.879. The molecule has 7 heteroatoms. The summed E-state index contributed by atoms with van der Waals surface area (Å²) in [4.78, 5) is 34.2. The number of anilines is 1. The number of nitrogens with one attached hydrogen (secondary N) is 1. The third-order valence-electron chi connectivity index (χ3n) is 3.34. The third-order valence-corrected chi connectivity index (χ3v) is 3.34. The smallest absolute Gasteiger partial charge is 0.419 e. The molecular formula is C15H18N2O5. The number of nitrogens with zero attached hydrogens (tertiary/aromatic N) is 1. The first kappa shape index (κ1) is 15.8. The molecular weight excluding hydrogens is 288 g/mol. The van der Waals surface area contributed by atoms with Crippen molar-refractivity contribution in [3.8, 4) is 0 Å². The number of fused-ring (bicyclic) bond motifs is 1. The maximum Gasteiger partial charge on any atom is 0.419 e. The summed E-state index contributed by atoms with van der Waals surface area (Å²) in [5, 5.41) is 11.5. The van der Waals surface area contributed by atoms with Crippen molar-refractivity contribution in [1.29, 1.82) is 0 Å². The molecule has 1 aromatic carbocycles. The first-order valence-corrected chi connectivity index (χ1v) is 6.79. The number of rotatable bonds is 5. The Bertz CT molecular complexity index is 785. The molecule has 0 atom stereocenters. The number of amides is 1. The molecule has 0 aliphatic rings. The SMILES string of the molecule is Cn1c(=O)oc2cc(NC(=O)CC(C)(C)CC(=O)O)ccc21. The van der Waals surface area contributed by atoms with Crippen LogP contribution in [0.15, 0.2) is 27.4 Å². The number of carbonyl (C=O) groups is 2. The second-order valence-corrected chi connectivity index (χ2v) is 6.07. The van der Waals surface area contributed by atoms with Crippen molar-refractivity contribution in [2.24, 2.45) is 12.5 Å². The number of carbonyl (C=O) groups excluding carboxylic acids is 1. The van der Waals surface area contributed by atoms with Crippen molar-refractivity contribution in [3.63, 3.8) is 0 Å². The Hall–Kier alpha value is -2.57. The number of oxazole rings is 1. The summed E-state index contributed by atoms with van der Waals surface area (Å²) >= 11 is 0. The third kappa shape index (κ3) is 3.55. The van der Waals surface area contributed by atoms with Gasteiger partial charge >= 0.3 is 11.7 Å². The summed E-state index contributed by atoms with van der Waals surface area (Å²) in [6.07, 6.45) is -0.0108. The largest absolute Gasteiger partial charge is 0.481 e. The second kappa shape index (κ2) is 5.67.